The van der Waals surface area contributed by atoms with Crippen molar-refractivity contribution in [3.05, 3.63) is 42.0 Å². The van der Waals surface area contributed by atoms with E-state index in [0.29, 0.717) is 0 Å². The van der Waals surface area contributed by atoms with Crippen LogP contribution in [0.25, 0.3) is 6.08 Å². The second-order valence-electron chi connectivity index (χ2n) is 3.62. The Kier molecular flexibility index (Phi) is 4.41. The van der Waals surface area contributed by atoms with Crippen LogP contribution in [0.15, 0.2) is 30.8 Å². The highest BCUT2D eigenvalue weighted by Crippen LogP contribution is 2.18. The van der Waals surface area contributed by atoms with E-state index in [1.54, 1.807) is 0 Å². The SMILES string of the molecule is C=Cc1cccc([C@@H](N)CCCC)c1. The quantitative estimate of drug-likeness (QED) is 0.753. The van der Waals surface area contributed by atoms with Crippen LogP contribution in [0.5, 0.6) is 0 Å². The largest absolute Gasteiger partial charge is 0.324 e. The number of benzene rings is 1. The summed E-state index contributed by atoms with van der Waals surface area (Å²) < 4.78 is 0. The van der Waals surface area contributed by atoms with Crippen molar-refractivity contribution in [3.8, 4) is 0 Å². The van der Waals surface area contributed by atoms with Gasteiger partial charge in [-0.05, 0) is 17.5 Å². The molecule has 0 saturated heterocycles. The van der Waals surface area contributed by atoms with E-state index < -0.39 is 0 Å². The van der Waals surface area contributed by atoms with Crippen LogP contribution in [-0.2, 0) is 0 Å². The Morgan fingerprint density at radius 1 is 1.50 bits per heavy atom. The van der Waals surface area contributed by atoms with Gasteiger partial charge in [0, 0.05) is 6.04 Å². The average molecular weight is 189 g/mol. The molecule has 0 spiro atoms. The maximum atomic E-state index is 6.07. The van der Waals surface area contributed by atoms with Gasteiger partial charge in [0.15, 0.2) is 0 Å². The Morgan fingerprint density at radius 3 is 2.93 bits per heavy atom. The third-order valence-electron chi connectivity index (χ3n) is 2.44. The first-order valence-corrected chi connectivity index (χ1v) is 5.26. The summed E-state index contributed by atoms with van der Waals surface area (Å²) in [5.74, 6) is 0. The lowest BCUT2D eigenvalue weighted by atomic mass is 10.0. The lowest BCUT2D eigenvalue weighted by Crippen LogP contribution is -2.09. The van der Waals surface area contributed by atoms with Crippen molar-refractivity contribution in [1.82, 2.24) is 0 Å². The molecule has 0 amide bonds. The van der Waals surface area contributed by atoms with Crippen LogP contribution in [0.2, 0.25) is 0 Å². The van der Waals surface area contributed by atoms with Crippen molar-refractivity contribution in [2.75, 3.05) is 0 Å². The molecule has 2 N–H and O–H groups in total. The predicted octanol–water partition coefficient (Wildman–Crippen LogP) is 3.52. The fourth-order valence-corrected chi connectivity index (χ4v) is 1.51. The lowest BCUT2D eigenvalue weighted by Gasteiger charge is -2.11. The molecule has 0 bridgehead atoms. The topological polar surface area (TPSA) is 26.0 Å². The number of hydrogen-bond acceptors (Lipinski definition) is 1. The zero-order valence-corrected chi connectivity index (χ0v) is 8.87. The van der Waals surface area contributed by atoms with Gasteiger partial charge in [-0.25, -0.2) is 0 Å². The summed E-state index contributed by atoms with van der Waals surface area (Å²) in [6.45, 7) is 5.94. The first-order valence-electron chi connectivity index (χ1n) is 5.26. The third kappa shape index (κ3) is 3.00. The molecule has 1 rings (SSSR count). The van der Waals surface area contributed by atoms with Crippen molar-refractivity contribution in [3.63, 3.8) is 0 Å². The van der Waals surface area contributed by atoms with E-state index in [-0.39, 0.29) is 6.04 Å². The fraction of sp³-hybridized carbons (Fsp3) is 0.385. The monoisotopic (exact) mass is 189 g/mol. The summed E-state index contributed by atoms with van der Waals surface area (Å²) in [7, 11) is 0. The van der Waals surface area contributed by atoms with E-state index >= 15 is 0 Å². The van der Waals surface area contributed by atoms with Crippen molar-refractivity contribution < 1.29 is 0 Å². The molecule has 1 aromatic carbocycles. The van der Waals surface area contributed by atoms with Crippen LogP contribution in [0, 0.1) is 0 Å². The number of hydrogen-bond donors (Lipinski definition) is 1. The van der Waals surface area contributed by atoms with Gasteiger partial charge in [-0.1, -0.05) is 56.7 Å². The van der Waals surface area contributed by atoms with Crippen LogP contribution < -0.4 is 5.73 Å². The highest BCUT2D eigenvalue weighted by Gasteiger charge is 2.04. The summed E-state index contributed by atoms with van der Waals surface area (Å²) in [4.78, 5) is 0. The second kappa shape index (κ2) is 5.61. The molecule has 0 aliphatic rings. The minimum Gasteiger partial charge on any atom is -0.324 e. The van der Waals surface area contributed by atoms with Crippen molar-refractivity contribution in [2.45, 2.75) is 32.2 Å². The summed E-state index contributed by atoms with van der Waals surface area (Å²) >= 11 is 0. The van der Waals surface area contributed by atoms with Crippen LogP contribution in [0.3, 0.4) is 0 Å². The number of nitrogens with two attached hydrogens (primary N) is 1. The van der Waals surface area contributed by atoms with Crippen molar-refractivity contribution in [1.29, 1.82) is 0 Å². The fourth-order valence-electron chi connectivity index (χ4n) is 1.51. The Morgan fingerprint density at radius 2 is 2.29 bits per heavy atom. The average Bonchev–Trinajstić information content (AvgIpc) is 2.26. The molecule has 0 fully saturated rings. The highest BCUT2D eigenvalue weighted by atomic mass is 14.6. The second-order valence-corrected chi connectivity index (χ2v) is 3.62. The van der Waals surface area contributed by atoms with E-state index in [1.165, 1.54) is 18.4 Å². The molecule has 1 atom stereocenters. The number of unbranched alkanes of at least 4 members (excludes halogenated alkanes) is 1. The van der Waals surface area contributed by atoms with E-state index in [4.69, 9.17) is 5.73 Å². The van der Waals surface area contributed by atoms with Gasteiger partial charge in [0.25, 0.3) is 0 Å². The Labute approximate surface area is 86.6 Å². The summed E-state index contributed by atoms with van der Waals surface area (Å²) in [6.07, 6.45) is 5.32. The standard InChI is InChI=1S/C13H19N/c1-3-5-9-13(14)12-8-6-7-11(4-2)10-12/h4,6-8,10,13H,2-3,5,9,14H2,1H3/t13-/m0/s1. The van der Waals surface area contributed by atoms with Gasteiger partial charge < -0.3 is 5.73 Å². The molecule has 76 valence electrons. The molecule has 0 radical (unpaired) electrons. The normalized spacial score (nSPS) is 12.4. The molecule has 14 heavy (non-hydrogen) atoms. The van der Waals surface area contributed by atoms with Gasteiger partial charge in [0.2, 0.25) is 0 Å². The van der Waals surface area contributed by atoms with Crippen LogP contribution in [0.4, 0.5) is 0 Å². The zero-order valence-electron chi connectivity index (χ0n) is 8.87. The van der Waals surface area contributed by atoms with Gasteiger partial charge in [0.1, 0.15) is 0 Å². The van der Waals surface area contributed by atoms with E-state index in [1.807, 2.05) is 18.2 Å². The maximum Gasteiger partial charge on any atom is 0.0295 e. The first kappa shape index (κ1) is 11.0. The lowest BCUT2D eigenvalue weighted by molar-refractivity contribution is 0.603. The van der Waals surface area contributed by atoms with E-state index in [2.05, 4.69) is 25.6 Å². The minimum absolute atomic E-state index is 0.176. The molecular formula is C13H19N. The smallest absolute Gasteiger partial charge is 0.0295 e. The van der Waals surface area contributed by atoms with Gasteiger partial charge >= 0.3 is 0 Å². The molecule has 0 aliphatic carbocycles. The molecule has 0 heterocycles. The summed E-state index contributed by atoms with van der Waals surface area (Å²) in [5, 5.41) is 0. The molecule has 1 heteroatoms. The van der Waals surface area contributed by atoms with Crippen molar-refractivity contribution in [2.24, 2.45) is 5.73 Å². The molecular weight excluding hydrogens is 170 g/mol. The molecule has 0 saturated carbocycles. The van der Waals surface area contributed by atoms with Crippen LogP contribution in [-0.4, -0.2) is 0 Å². The van der Waals surface area contributed by atoms with Gasteiger partial charge in [-0.2, -0.15) is 0 Å². The molecule has 1 aromatic rings. The minimum atomic E-state index is 0.176. The third-order valence-corrected chi connectivity index (χ3v) is 2.44. The van der Waals surface area contributed by atoms with Gasteiger partial charge in [-0.15, -0.1) is 0 Å². The maximum absolute atomic E-state index is 6.07. The Balaban J connectivity index is 2.68. The van der Waals surface area contributed by atoms with Crippen LogP contribution >= 0.6 is 0 Å². The summed E-state index contributed by atoms with van der Waals surface area (Å²) in [6, 6.07) is 8.47. The number of rotatable bonds is 5. The first-order chi connectivity index (χ1) is 6.77. The Hall–Kier alpha value is -1.08. The zero-order chi connectivity index (χ0) is 10.4. The molecule has 0 aliphatic heterocycles. The summed E-state index contributed by atoms with van der Waals surface area (Å²) in [5.41, 5.74) is 8.44. The Bertz CT molecular complexity index is 291. The highest BCUT2D eigenvalue weighted by molar-refractivity contribution is 5.48. The van der Waals surface area contributed by atoms with Gasteiger partial charge in [-0.3, -0.25) is 0 Å². The molecule has 1 nitrogen and oxygen atoms in total. The predicted molar refractivity (Wildman–Crippen MR) is 63.0 cm³/mol. The molecule has 0 unspecified atom stereocenters. The van der Waals surface area contributed by atoms with Crippen LogP contribution in [0.1, 0.15) is 43.4 Å². The van der Waals surface area contributed by atoms with Crippen molar-refractivity contribution >= 4 is 6.08 Å². The molecule has 0 aromatic heterocycles. The van der Waals surface area contributed by atoms with E-state index in [0.717, 1.165) is 12.0 Å². The van der Waals surface area contributed by atoms with Gasteiger partial charge in [0.05, 0.1) is 0 Å². The van der Waals surface area contributed by atoms with E-state index in [9.17, 15) is 0 Å².